The van der Waals surface area contributed by atoms with Gasteiger partial charge in [0.15, 0.2) is 0 Å². The summed E-state index contributed by atoms with van der Waals surface area (Å²) in [6.45, 7) is 7.51. The summed E-state index contributed by atoms with van der Waals surface area (Å²) < 4.78 is 0. The third-order valence-corrected chi connectivity index (χ3v) is 2.74. The van der Waals surface area contributed by atoms with Crippen molar-refractivity contribution in [3.8, 4) is 0 Å². The van der Waals surface area contributed by atoms with E-state index in [0.29, 0.717) is 18.2 Å². The fourth-order valence-electron chi connectivity index (χ4n) is 1.30. The lowest BCUT2D eigenvalue weighted by Crippen LogP contribution is -2.27. The summed E-state index contributed by atoms with van der Waals surface area (Å²) in [4.78, 5) is 13.4. The summed E-state index contributed by atoms with van der Waals surface area (Å²) in [5.74, 6) is 0.405. The zero-order chi connectivity index (χ0) is 11.0. The molecule has 0 amide bonds. The average Bonchev–Trinajstić information content (AvgIpc) is 2.16. The molecule has 0 fully saturated rings. The van der Waals surface area contributed by atoms with Gasteiger partial charge >= 0.3 is 0 Å². The molecule has 84 valence electrons. The van der Waals surface area contributed by atoms with Crippen molar-refractivity contribution < 1.29 is 4.79 Å². The Bertz CT molecular complexity index is 154. The summed E-state index contributed by atoms with van der Waals surface area (Å²) in [5.41, 5.74) is 0. The summed E-state index contributed by atoms with van der Waals surface area (Å²) in [7, 11) is 2.15. The first-order valence-electron chi connectivity index (χ1n) is 5.79. The molecule has 0 bridgehead atoms. The number of nitrogens with zero attached hydrogens (tertiary/aromatic N) is 1. The molecule has 2 heteroatoms. The lowest BCUT2D eigenvalue weighted by Gasteiger charge is -2.20. The zero-order valence-electron chi connectivity index (χ0n) is 10.2. The van der Waals surface area contributed by atoms with E-state index in [1.54, 1.807) is 0 Å². The fraction of sp³-hybridized carbons (Fsp3) is 0.917. The van der Waals surface area contributed by atoms with Gasteiger partial charge in [-0.25, -0.2) is 0 Å². The molecular weight excluding hydrogens is 174 g/mol. The maximum Gasteiger partial charge on any atom is 0.132 e. The fourth-order valence-corrected chi connectivity index (χ4v) is 1.30. The van der Waals surface area contributed by atoms with Crippen molar-refractivity contribution in [2.45, 2.75) is 58.9 Å². The largest absolute Gasteiger partial charge is 0.304 e. The van der Waals surface area contributed by atoms with Gasteiger partial charge in [-0.15, -0.1) is 0 Å². The molecule has 0 saturated heterocycles. The topological polar surface area (TPSA) is 20.3 Å². The Labute approximate surface area is 88.7 Å². The number of rotatable bonds is 8. The number of hydrogen-bond donors (Lipinski definition) is 0. The third-order valence-electron chi connectivity index (χ3n) is 2.74. The quantitative estimate of drug-likeness (QED) is 0.560. The van der Waals surface area contributed by atoms with Gasteiger partial charge in [0.25, 0.3) is 0 Å². The summed E-state index contributed by atoms with van der Waals surface area (Å²) >= 11 is 0. The second-order valence-corrected chi connectivity index (χ2v) is 4.28. The molecule has 0 spiro atoms. The van der Waals surface area contributed by atoms with E-state index in [4.69, 9.17) is 0 Å². The van der Waals surface area contributed by atoms with Gasteiger partial charge in [-0.3, -0.25) is 4.79 Å². The van der Waals surface area contributed by atoms with Crippen molar-refractivity contribution in [1.82, 2.24) is 4.90 Å². The van der Waals surface area contributed by atoms with Gasteiger partial charge in [-0.05, 0) is 40.3 Å². The Balaban J connectivity index is 3.25. The molecule has 0 aliphatic rings. The molecule has 0 aromatic carbocycles. The van der Waals surface area contributed by atoms with E-state index in [-0.39, 0.29) is 0 Å². The number of carbonyl (C=O) groups excluding carboxylic acids is 1. The van der Waals surface area contributed by atoms with Crippen molar-refractivity contribution >= 4 is 5.78 Å². The van der Waals surface area contributed by atoms with Gasteiger partial charge in [0.1, 0.15) is 5.78 Å². The van der Waals surface area contributed by atoms with Crippen molar-refractivity contribution in [2.24, 2.45) is 0 Å². The zero-order valence-corrected chi connectivity index (χ0v) is 10.2. The lowest BCUT2D eigenvalue weighted by molar-refractivity contribution is -0.118. The molecule has 0 heterocycles. The summed E-state index contributed by atoms with van der Waals surface area (Å²) in [6.07, 6.45) is 4.95. The van der Waals surface area contributed by atoms with E-state index in [0.717, 1.165) is 19.4 Å². The normalized spacial score (nSPS) is 11.3. The van der Waals surface area contributed by atoms with E-state index in [1.165, 1.54) is 12.8 Å². The van der Waals surface area contributed by atoms with E-state index < -0.39 is 0 Å². The Morgan fingerprint density at radius 3 is 2.36 bits per heavy atom. The van der Waals surface area contributed by atoms with Crippen LogP contribution in [-0.4, -0.2) is 30.3 Å². The highest BCUT2D eigenvalue weighted by Gasteiger charge is 2.02. The van der Waals surface area contributed by atoms with E-state index >= 15 is 0 Å². The smallest absolute Gasteiger partial charge is 0.132 e. The van der Waals surface area contributed by atoms with E-state index in [9.17, 15) is 4.79 Å². The minimum absolute atomic E-state index is 0.405. The van der Waals surface area contributed by atoms with Crippen molar-refractivity contribution in [2.75, 3.05) is 13.6 Å². The monoisotopic (exact) mass is 199 g/mol. The summed E-state index contributed by atoms with van der Waals surface area (Å²) in [5, 5.41) is 0. The Morgan fingerprint density at radius 1 is 1.21 bits per heavy atom. The second-order valence-electron chi connectivity index (χ2n) is 4.28. The number of hydrogen-bond acceptors (Lipinski definition) is 2. The van der Waals surface area contributed by atoms with Gasteiger partial charge in [-0.2, -0.15) is 0 Å². The van der Waals surface area contributed by atoms with E-state index in [1.807, 2.05) is 6.92 Å². The van der Waals surface area contributed by atoms with Crippen LogP contribution < -0.4 is 0 Å². The molecule has 2 nitrogen and oxygen atoms in total. The highest BCUT2D eigenvalue weighted by molar-refractivity contribution is 5.77. The first-order chi connectivity index (χ1) is 6.57. The van der Waals surface area contributed by atoms with Crippen LogP contribution in [0.25, 0.3) is 0 Å². The van der Waals surface area contributed by atoms with Gasteiger partial charge in [-0.1, -0.05) is 13.3 Å². The molecule has 0 N–H and O–H groups in total. The molecular formula is C12H25NO. The van der Waals surface area contributed by atoms with Crippen LogP contribution in [0.4, 0.5) is 0 Å². The number of unbranched alkanes of at least 4 members (excludes halogenated alkanes) is 2. The van der Waals surface area contributed by atoms with Crippen LogP contribution in [0.2, 0.25) is 0 Å². The predicted molar refractivity (Wildman–Crippen MR) is 61.5 cm³/mol. The maximum atomic E-state index is 11.0. The highest BCUT2D eigenvalue weighted by Crippen LogP contribution is 2.04. The average molecular weight is 199 g/mol. The summed E-state index contributed by atoms with van der Waals surface area (Å²) in [6, 6.07) is 0.632. The molecule has 0 aliphatic heterocycles. The second kappa shape index (κ2) is 7.98. The van der Waals surface area contributed by atoms with Crippen LogP contribution in [0.15, 0.2) is 0 Å². The van der Waals surface area contributed by atoms with Crippen molar-refractivity contribution in [1.29, 1.82) is 0 Å². The number of carbonyl (C=O) groups is 1. The third kappa shape index (κ3) is 7.07. The predicted octanol–water partition coefficient (Wildman–Crippen LogP) is 2.87. The van der Waals surface area contributed by atoms with E-state index in [2.05, 4.69) is 25.8 Å². The molecule has 0 aliphatic carbocycles. The van der Waals surface area contributed by atoms with Crippen LogP contribution in [0.1, 0.15) is 52.9 Å². The van der Waals surface area contributed by atoms with Crippen LogP contribution in [-0.2, 0) is 4.79 Å². The SMILES string of the molecule is CCC(=O)CCCCCN(C)C(C)C. The maximum absolute atomic E-state index is 11.0. The van der Waals surface area contributed by atoms with Gasteiger partial charge in [0, 0.05) is 18.9 Å². The Kier molecular flexibility index (Phi) is 7.77. The lowest BCUT2D eigenvalue weighted by atomic mass is 10.1. The minimum Gasteiger partial charge on any atom is -0.304 e. The van der Waals surface area contributed by atoms with Crippen molar-refractivity contribution in [3.05, 3.63) is 0 Å². The van der Waals surface area contributed by atoms with Gasteiger partial charge in [0.2, 0.25) is 0 Å². The van der Waals surface area contributed by atoms with Gasteiger partial charge in [0.05, 0.1) is 0 Å². The first kappa shape index (κ1) is 13.6. The van der Waals surface area contributed by atoms with Crippen LogP contribution in [0.3, 0.4) is 0 Å². The molecule has 0 atom stereocenters. The molecule has 14 heavy (non-hydrogen) atoms. The molecule has 0 aromatic rings. The Hall–Kier alpha value is -0.370. The highest BCUT2D eigenvalue weighted by atomic mass is 16.1. The van der Waals surface area contributed by atoms with Crippen molar-refractivity contribution in [3.63, 3.8) is 0 Å². The standard InChI is InChI=1S/C12H25NO/c1-5-12(14)9-7-6-8-10-13(4)11(2)3/h11H,5-10H2,1-4H3. The minimum atomic E-state index is 0.405. The van der Waals surface area contributed by atoms with Crippen LogP contribution >= 0.6 is 0 Å². The molecule has 0 rings (SSSR count). The Morgan fingerprint density at radius 2 is 1.86 bits per heavy atom. The van der Waals surface area contributed by atoms with Gasteiger partial charge < -0.3 is 4.90 Å². The van der Waals surface area contributed by atoms with Crippen LogP contribution in [0, 0.1) is 0 Å². The van der Waals surface area contributed by atoms with Crippen LogP contribution in [0.5, 0.6) is 0 Å². The first-order valence-corrected chi connectivity index (χ1v) is 5.79. The molecule has 0 unspecified atom stereocenters. The number of Topliss-reactive ketones (excluding diaryl/α,β-unsaturated/α-hetero) is 1. The molecule has 0 saturated carbocycles. The molecule has 0 aromatic heterocycles. The number of ketones is 1. The molecule has 0 radical (unpaired) electrons.